The van der Waals surface area contributed by atoms with Crippen molar-refractivity contribution in [1.82, 2.24) is 25.2 Å². The van der Waals surface area contributed by atoms with Gasteiger partial charge in [0.2, 0.25) is 11.8 Å². The van der Waals surface area contributed by atoms with Crippen molar-refractivity contribution in [2.45, 2.75) is 45.0 Å². The van der Waals surface area contributed by atoms with Gasteiger partial charge < -0.3 is 24.8 Å². The number of aromatic hydroxyl groups is 1. The second kappa shape index (κ2) is 12.6. The number of phenols is 1. The first kappa shape index (κ1) is 27.1. The highest BCUT2D eigenvalue weighted by molar-refractivity contribution is 5.89. The zero-order chi connectivity index (χ0) is 27.9. The van der Waals surface area contributed by atoms with Crippen LogP contribution in [0.15, 0.2) is 72.8 Å². The third-order valence-corrected chi connectivity index (χ3v) is 6.91. The minimum Gasteiger partial charge on any atom is -0.504 e. The number of hydrogen-bond acceptors (Lipinski definition) is 7. The number of carbonyl (C=O) groups is 2. The molecule has 0 aliphatic carbocycles. The van der Waals surface area contributed by atoms with Gasteiger partial charge in [-0.25, -0.2) is 4.68 Å². The lowest BCUT2D eigenvalue weighted by molar-refractivity contribution is -0.142. The molecule has 10 nitrogen and oxygen atoms in total. The normalized spacial score (nSPS) is 15.6. The summed E-state index contributed by atoms with van der Waals surface area (Å²) < 4.78 is 12.9. The molecule has 1 aliphatic heterocycles. The molecule has 3 aromatic carbocycles. The van der Waals surface area contributed by atoms with E-state index in [1.165, 1.54) is 6.07 Å². The van der Waals surface area contributed by atoms with Gasteiger partial charge in [-0.05, 0) is 55.2 Å². The predicted octanol–water partition coefficient (Wildman–Crippen LogP) is 3.60. The Hall–Kier alpha value is -4.44. The van der Waals surface area contributed by atoms with Gasteiger partial charge in [0.25, 0.3) is 0 Å². The molecule has 1 fully saturated rings. The summed E-state index contributed by atoms with van der Waals surface area (Å²) in [4.78, 5) is 29.5. The average Bonchev–Trinajstić information content (AvgIpc) is 3.64. The first-order valence-electron chi connectivity index (χ1n) is 13.5. The van der Waals surface area contributed by atoms with Crippen molar-refractivity contribution in [1.29, 1.82) is 0 Å². The number of ether oxygens (including phenoxy) is 2. The average molecular weight is 544 g/mol. The molecule has 2 atom stereocenters. The van der Waals surface area contributed by atoms with Crippen LogP contribution in [0.4, 0.5) is 0 Å². The van der Waals surface area contributed by atoms with Gasteiger partial charge in [0.15, 0.2) is 11.5 Å². The molecule has 1 aliphatic rings. The van der Waals surface area contributed by atoms with Crippen LogP contribution >= 0.6 is 0 Å². The van der Waals surface area contributed by atoms with Gasteiger partial charge >= 0.3 is 0 Å². The van der Waals surface area contributed by atoms with Crippen LogP contribution in [-0.4, -0.2) is 62.7 Å². The molecular weight excluding hydrogens is 510 g/mol. The van der Waals surface area contributed by atoms with Gasteiger partial charge in [0, 0.05) is 19.7 Å². The van der Waals surface area contributed by atoms with E-state index in [2.05, 4.69) is 15.6 Å². The lowest BCUT2D eigenvalue weighted by atomic mass is 10.0. The molecular formula is C30H33N5O5. The number of amides is 2. The number of rotatable bonds is 11. The van der Waals surface area contributed by atoms with Crippen LogP contribution in [0.3, 0.4) is 0 Å². The SMILES string of the molecule is CCOc1cc([C@@H](C(=O)NC[C@H]2CCCO2)N(Cc2ccccc2)C(=O)Cn2nnc3ccccc32)ccc1O. The summed E-state index contributed by atoms with van der Waals surface area (Å²) in [6.07, 6.45) is 1.75. The van der Waals surface area contributed by atoms with Crippen LogP contribution in [0.2, 0.25) is 0 Å². The molecule has 2 heterocycles. The van der Waals surface area contributed by atoms with E-state index in [4.69, 9.17) is 9.47 Å². The minimum absolute atomic E-state index is 0.0425. The number of fused-ring (bicyclic) bond motifs is 1. The third kappa shape index (κ3) is 6.23. The Balaban J connectivity index is 1.52. The summed E-state index contributed by atoms with van der Waals surface area (Å²) in [5.41, 5.74) is 2.77. The van der Waals surface area contributed by atoms with Crippen LogP contribution in [0.25, 0.3) is 11.0 Å². The fraction of sp³-hybridized carbons (Fsp3) is 0.333. The van der Waals surface area contributed by atoms with Crippen molar-refractivity contribution < 1.29 is 24.2 Å². The highest BCUT2D eigenvalue weighted by Gasteiger charge is 2.33. The quantitative estimate of drug-likeness (QED) is 0.297. The molecule has 0 bridgehead atoms. The van der Waals surface area contributed by atoms with Gasteiger partial charge in [-0.15, -0.1) is 5.10 Å². The molecule has 0 unspecified atom stereocenters. The molecule has 4 aromatic rings. The molecule has 10 heteroatoms. The van der Waals surface area contributed by atoms with Gasteiger partial charge in [-0.3, -0.25) is 9.59 Å². The van der Waals surface area contributed by atoms with E-state index in [1.54, 1.807) is 21.7 Å². The third-order valence-electron chi connectivity index (χ3n) is 6.91. The molecule has 2 N–H and O–H groups in total. The van der Waals surface area contributed by atoms with E-state index >= 15 is 0 Å². The van der Waals surface area contributed by atoms with Crippen molar-refractivity contribution in [2.24, 2.45) is 0 Å². The Morgan fingerprint density at radius 1 is 1.15 bits per heavy atom. The first-order valence-corrected chi connectivity index (χ1v) is 13.5. The Morgan fingerprint density at radius 3 is 2.73 bits per heavy atom. The zero-order valence-corrected chi connectivity index (χ0v) is 22.4. The number of hydrogen-bond donors (Lipinski definition) is 2. The van der Waals surface area contributed by atoms with Crippen LogP contribution in [0, 0.1) is 0 Å². The Morgan fingerprint density at radius 2 is 1.95 bits per heavy atom. The minimum atomic E-state index is -1.01. The second-order valence-corrected chi connectivity index (χ2v) is 9.69. The van der Waals surface area contributed by atoms with Crippen LogP contribution < -0.4 is 10.1 Å². The molecule has 0 spiro atoms. The van der Waals surface area contributed by atoms with Crippen molar-refractivity contribution in [2.75, 3.05) is 19.8 Å². The second-order valence-electron chi connectivity index (χ2n) is 9.69. The molecule has 1 aromatic heterocycles. The maximum atomic E-state index is 14.1. The molecule has 0 saturated carbocycles. The summed E-state index contributed by atoms with van der Waals surface area (Å²) in [5, 5.41) is 21.7. The summed E-state index contributed by atoms with van der Waals surface area (Å²) in [6.45, 7) is 3.22. The molecule has 0 radical (unpaired) electrons. The van der Waals surface area contributed by atoms with Crippen molar-refractivity contribution in [3.63, 3.8) is 0 Å². The molecule has 2 amide bonds. The maximum absolute atomic E-state index is 14.1. The van der Waals surface area contributed by atoms with Gasteiger partial charge in [-0.2, -0.15) is 0 Å². The van der Waals surface area contributed by atoms with Gasteiger partial charge in [-0.1, -0.05) is 53.7 Å². The Bertz CT molecular complexity index is 1450. The van der Waals surface area contributed by atoms with E-state index in [1.807, 2.05) is 61.5 Å². The largest absolute Gasteiger partial charge is 0.504 e. The number of aromatic nitrogens is 3. The Labute approximate surface area is 232 Å². The fourth-order valence-electron chi connectivity index (χ4n) is 4.92. The van der Waals surface area contributed by atoms with E-state index in [9.17, 15) is 14.7 Å². The lowest BCUT2D eigenvalue weighted by Crippen LogP contribution is -2.46. The van der Waals surface area contributed by atoms with Crippen LogP contribution in [0.5, 0.6) is 11.5 Å². The summed E-state index contributed by atoms with van der Waals surface area (Å²) in [7, 11) is 0. The molecule has 1 saturated heterocycles. The summed E-state index contributed by atoms with van der Waals surface area (Å²) in [6, 6.07) is 20.6. The van der Waals surface area contributed by atoms with Crippen molar-refractivity contribution >= 4 is 22.8 Å². The van der Waals surface area contributed by atoms with Crippen molar-refractivity contribution in [3.05, 3.63) is 83.9 Å². The van der Waals surface area contributed by atoms with E-state index in [0.717, 1.165) is 23.9 Å². The fourth-order valence-corrected chi connectivity index (χ4v) is 4.92. The highest BCUT2D eigenvalue weighted by Crippen LogP contribution is 2.33. The smallest absolute Gasteiger partial charge is 0.247 e. The van der Waals surface area contributed by atoms with E-state index in [-0.39, 0.29) is 42.5 Å². The molecule has 5 rings (SSSR count). The lowest BCUT2D eigenvalue weighted by Gasteiger charge is -2.32. The van der Waals surface area contributed by atoms with E-state index in [0.29, 0.717) is 30.8 Å². The van der Waals surface area contributed by atoms with Crippen LogP contribution in [0.1, 0.15) is 36.9 Å². The standard InChI is InChI=1S/C30H33N5O5/c1-2-39-27-17-22(14-15-26(27)36)29(30(38)31-18-23-11-8-16-40-23)34(19-21-9-4-3-5-10-21)28(37)20-35-25-13-7-6-12-24(25)32-33-35/h3-7,9-10,12-15,17,23,29,36H,2,8,11,16,18-20H2,1H3,(H,31,38)/t23-,29+/m1/s1. The highest BCUT2D eigenvalue weighted by atomic mass is 16.5. The van der Waals surface area contributed by atoms with E-state index < -0.39 is 6.04 Å². The number of phenolic OH excluding ortho intramolecular Hbond substituents is 1. The molecule has 40 heavy (non-hydrogen) atoms. The number of para-hydroxylation sites is 1. The monoisotopic (exact) mass is 543 g/mol. The topological polar surface area (TPSA) is 119 Å². The van der Waals surface area contributed by atoms with Gasteiger partial charge in [0.1, 0.15) is 18.1 Å². The summed E-state index contributed by atoms with van der Waals surface area (Å²) in [5.74, 6) is -0.468. The zero-order valence-electron chi connectivity index (χ0n) is 22.4. The predicted molar refractivity (Wildman–Crippen MR) is 149 cm³/mol. The number of carbonyl (C=O) groups excluding carboxylic acids is 2. The number of nitrogens with zero attached hydrogens (tertiary/aromatic N) is 4. The summed E-state index contributed by atoms with van der Waals surface area (Å²) >= 11 is 0. The first-order chi connectivity index (χ1) is 19.5. The number of nitrogens with one attached hydrogen (secondary N) is 1. The van der Waals surface area contributed by atoms with Crippen LogP contribution in [-0.2, 0) is 27.4 Å². The van der Waals surface area contributed by atoms with Gasteiger partial charge in [0.05, 0.1) is 18.2 Å². The Kier molecular flexibility index (Phi) is 8.56. The number of benzene rings is 3. The molecule has 208 valence electrons. The maximum Gasteiger partial charge on any atom is 0.247 e. The van der Waals surface area contributed by atoms with Crippen molar-refractivity contribution in [3.8, 4) is 11.5 Å².